The molecular formula is C14H13FN2O3S. The fourth-order valence-corrected chi connectivity index (χ4v) is 2.49. The van der Waals surface area contributed by atoms with Gasteiger partial charge in [0.1, 0.15) is 10.7 Å². The molecule has 2 aromatic rings. The van der Waals surface area contributed by atoms with Crippen molar-refractivity contribution in [3.05, 3.63) is 59.9 Å². The third kappa shape index (κ3) is 4.11. The smallest absolute Gasteiger partial charge is 0.240 e. The van der Waals surface area contributed by atoms with Crippen molar-refractivity contribution in [2.45, 2.75) is 11.3 Å². The third-order valence-corrected chi connectivity index (χ3v) is 3.71. The van der Waals surface area contributed by atoms with Gasteiger partial charge in [-0.25, -0.2) is 17.9 Å². The summed E-state index contributed by atoms with van der Waals surface area (Å²) < 4.78 is 35.6. The molecule has 2 aromatic carbocycles. The maximum Gasteiger partial charge on any atom is 0.240 e. The van der Waals surface area contributed by atoms with Gasteiger partial charge in [-0.1, -0.05) is 24.3 Å². The molecule has 0 atom stereocenters. The largest absolute Gasteiger partial charge is 0.325 e. The summed E-state index contributed by atoms with van der Waals surface area (Å²) in [6, 6.07) is 11.3. The van der Waals surface area contributed by atoms with Gasteiger partial charge in [-0.05, 0) is 29.8 Å². The van der Waals surface area contributed by atoms with Crippen LogP contribution < -0.4 is 10.5 Å². The minimum absolute atomic E-state index is 0.000761. The molecule has 0 fully saturated rings. The quantitative estimate of drug-likeness (QED) is 0.900. The molecule has 7 heteroatoms. The third-order valence-electron chi connectivity index (χ3n) is 2.75. The number of sulfonamides is 1. The normalized spacial score (nSPS) is 11.1. The monoisotopic (exact) mass is 308 g/mol. The van der Waals surface area contributed by atoms with Crippen molar-refractivity contribution in [3.8, 4) is 0 Å². The van der Waals surface area contributed by atoms with Crippen molar-refractivity contribution in [1.29, 1.82) is 0 Å². The number of anilines is 1. The fraction of sp³-hybridized carbons (Fsp3) is 0.0714. The van der Waals surface area contributed by atoms with E-state index in [4.69, 9.17) is 5.14 Å². The zero-order valence-electron chi connectivity index (χ0n) is 10.9. The zero-order chi connectivity index (χ0) is 15.5. The first-order valence-electron chi connectivity index (χ1n) is 6.02. The topological polar surface area (TPSA) is 89.3 Å². The second kappa shape index (κ2) is 6.02. The standard InChI is InChI=1S/C14H13FN2O3S/c15-11-7-5-10(6-8-11)9-14(18)17-12-3-1-2-4-13(12)21(16,19)20/h1-8H,9H2,(H,17,18)(H2,16,19,20). The number of para-hydroxylation sites is 1. The number of nitrogens with one attached hydrogen (secondary N) is 1. The van der Waals surface area contributed by atoms with Gasteiger partial charge < -0.3 is 5.32 Å². The van der Waals surface area contributed by atoms with Crippen LogP contribution in [0.15, 0.2) is 53.4 Å². The second-order valence-electron chi connectivity index (χ2n) is 4.39. The van der Waals surface area contributed by atoms with Crippen molar-refractivity contribution in [2.75, 3.05) is 5.32 Å². The lowest BCUT2D eigenvalue weighted by molar-refractivity contribution is -0.115. The van der Waals surface area contributed by atoms with Gasteiger partial charge in [-0.2, -0.15) is 0 Å². The summed E-state index contributed by atoms with van der Waals surface area (Å²) in [6.45, 7) is 0. The molecule has 0 spiro atoms. The number of carbonyl (C=O) groups is 1. The van der Waals surface area contributed by atoms with Crippen molar-refractivity contribution < 1.29 is 17.6 Å². The first kappa shape index (κ1) is 15.1. The highest BCUT2D eigenvalue weighted by Crippen LogP contribution is 2.19. The van der Waals surface area contributed by atoms with E-state index in [2.05, 4.69) is 5.32 Å². The van der Waals surface area contributed by atoms with E-state index in [1.54, 1.807) is 6.07 Å². The highest BCUT2D eigenvalue weighted by atomic mass is 32.2. The number of halogens is 1. The van der Waals surface area contributed by atoms with Crippen LogP contribution in [0.2, 0.25) is 0 Å². The Morgan fingerprint density at radius 3 is 2.33 bits per heavy atom. The summed E-state index contributed by atoms with van der Waals surface area (Å²) in [5.41, 5.74) is 0.731. The minimum Gasteiger partial charge on any atom is -0.325 e. The molecule has 0 aliphatic rings. The first-order chi connectivity index (χ1) is 9.86. The molecule has 0 aliphatic carbocycles. The summed E-state index contributed by atoms with van der Waals surface area (Å²) in [7, 11) is -3.92. The average molecular weight is 308 g/mol. The number of carbonyl (C=O) groups excluding carboxylic acids is 1. The lowest BCUT2D eigenvalue weighted by atomic mass is 10.1. The number of hydrogen-bond acceptors (Lipinski definition) is 3. The van der Waals surface area contributed by atoms with Crippen molar-refractivity contribution in [2.24, 2.45) is 5.14 Å². The predicted octanol–water partition coefficient (Wildman–Crippen LogP) is 1.65. The van der Waals surface area contributed by atoms with Gasteiger partial charge in [-0.15, -0.1) is 0 Å². The van der Waals surface area contributed by atoms with Gasteiger partial charge >= 0.3 is 0 Å². The molecule has 2 rings (SSSR count). The van der Waals surface area contributed by atoms with Gasteiger partial charge in [0.15, 0.2) is 0 Å². The molecule has 0 saturated carbocycles. The Kier molecular flexibility index (Phi) is 4.35. The Morgan fingerprint density at radius 1 is 1.10 bits per heavy atom. The van der Waals surface area contributed by atoms with E-state index >= 15 is 0 Å². The van der Waals surface area contributed by atoms with Gasteiger partial charge in [0.05, 0.1) is 12.1 Å². The SMILES string of the molecule is NS(=O)(=O)c1ccccc1NC(=O)Cc1ccc(F)cc1. The molecular weight excluding hydrogens is 295 g/mol. The van der Waals surface area contributed by atoms with E-state index in [1.807, 2.05) is 0 Å². The van der Waals surface area contributed by atoms with Crippen molar-refractivity contribution >= 4 is 21.6 Å². The number of amides is 1. The summed E-state index contributed by atoms with van der Waals surface area (Å²) in [6.07, 6.45) is -0.000761. The molecule has 0 unspecified atom stereocenters. The Hall–Kier alpha value is -2.25. The van der Waals surface area contributed by atoms with Crippen molar-refractivity contribution in [1.82, 2.24) is 0 Å². The van der Waals surface area contributed by atoms with E-state index in [0.717, 1.165) is 0 Å². The predicted molar refractivity (Wildman–Crippen MR) is 76.5 cm³/mol. The Labute approximate surface area is 121 Å². The average Bonchev–Trinajstić information content (AvgIpc) is 2.41. The summed E-state index contributed by atoms with van der Waals surface area (Å²) in [5.74, 6) is -0.809. The van der Waals surface area contributed by atoms with E-state index in [9.17, 15) is 17.6 Å². The Morgan fingerprint density at radius 2 is 1.71 bits per heavy atom. The molecule has 110 valence electrons. The van der Waals surface area contributed by atoms with Crippen molar-refractivity contribution in [3.63, 3.8) is 0 Å². The molecule has 0 radical (unpaired) electrons. The zero-order valence-corrected chi connectivity index (χ0v) is 11.7. The second-order valence-corrected chi connectivity index (χ2v) is 5.92. The van der Waals surface area contributed by atoms with Gasteiger partial charge in [-0.3, -0.25) is 4.79 Å². The van der Waals surface area contributed by atoms with Gasteiger partial charge in [0.25, 0.3) is 0 Å². The number of primary sulfonamides is 1. The van der Waals surface area contributed by atoms with Crippen LogP contribution in [-0.2, 0) is 21.2 Å². The number of rotatable bonds is 4. The van der Waals surface area contributed by atoms with E-state index in [0.29, 0.717) is 5.56 Å². The van der Waals surface area contributed by atoms with Crippen LogP contribution in [-0.4, -0.2) is 14.3 Å². The van der Waals surface area contributed by atoms with E-state index in [-0.39, 0.29) is 17.0 Å². The summed E-state index contributed by atoms with van der Waals surface area (Å²) in [4.78, 5) is 11.8. The minimum atomic E-state index is -3.92. The Bertz CT molecular complexity index is 758. The van der Waals surface area contributed by atoms with Gasteiger partial charge in [0, 0.05) is 0 Å². The lowest BCUT2D eigenvalue weighted by Gasteiger charge is -2.09. The molecule has 0 aromatic heterocycles. The number of hydrogen-bond donors (Lipinski definition) is 2. The van der Waals surface area contributed by atoms with Crippen LogP contribution >= 0.6 is 0 Å². The van der Waals surface area contributed by atoms with E-state index in [1.165, 1.54) is 42.5 Å². The maximum atomic E-state index is 12.8. The molecule has 0 saturated heterocycles. The highest BCUT2D eigenvalue weighted by Gasteiger charge is 2.15. The molecule has 1 amide bonds. The molecule has 0 bridgehead atoms. The van der Waals surface area contributed by atoms with Gasteiger partial charge in [0.2, 0.25) is 15.9 Å². The van der Waals surface area contributed by atoms with Crippen LogP contribution in [0.5, 0.6) is 0 Å². The van der Waals surface area contributed by atoms with Crippen LogP contribution in [0, 0.1) is 5.82 Å². The molecule has 5 nitrogen and oxygen atoms in total. The summed E-state index contributed by atoms with van der Waals surface area (Å²) in [5, 5.41) is 7.57. The van der Waals surface area contributed by atoms with Crippen LogP contribution in [0.1, 0.15) is 5.56 Å². The van der Waals surface area contributed by atoms with Crippen LogP contribution in [0.25, 0.3) is 0 Å². The molecule has 0 heterocycles. The fourth-order valence-electron chi connectivity index (χ4n) is 1.80. The summed E-state index contributed by atoms with van der Waals surface area (Å²) >= 11 is 0. The molecule has 0 aliphatic heterocycles. The molecule has 21 heavy (non-hydrogen) atoms. The number of benzene rings is 2. The lowest BCUT2D eigenvalue weighted by Crippen LogP contribution is -2.19. The first-order valence-corrected chi connectivity index (χ1v) is 7.57. The van der Waals surface area contributed by atoms with E-state index < -0.39 is 21.7 Å². The van der Waals surface area contributed by atoms with Crippen LogP contribution in [0.4, 0.5) is 10.1 Å². The number of nitrogens with two attached hydrogens (primary N) is 1. The Balaban J connectivity index is 2.15. The van der Waals surface area contributed by atoms with Crippen LogP contribution in [0.3, 0.4) is 0 Å². The highest BCUT2D eigenvalue weighted by molar-refractivity contribution is 7.89. The maximum absolute atomic E-state index is 12.8. The molecule has 3 N–H and O–H groups in total.